The number of amides is 3. The summed E-state index contributed by atoms with van der Waals surface area (Å²) in [5.74, 6) is -1.96. The van der Waals surface area contributed by atoms with E-state index in [0.717, 1.165) is 0 Å². The average molecular weight is 489 g/mol. The summed E-state index contributed by atoms with van der Waals surface area (Å²) in [6.07, 6.45) is 2.69. The van der Waals surface area contributed by atoms with Crippen LogP contribution in [0, 0.1) is 5.92 Å². The fourth-order valence-electron chi connectivity index (χ4n) is 4.95. The molecule has 2 saturated heterocycles. The Labute approximate surface area is 205 Å². The van der Waals surface area contributed by atoms with E-state index in [9.17, 15) is 29.4 Å². The van der Waals surface area contributed by atoms with Gasteiger partial charge in [-0.2, -0.15) is 0 Å². The van der Waals surface area contributed by atoms with Crippen LogP contribution in [-0.2, 0) is 25.6 Å². The highest BCUT2D eigenvalue weighted by atomic mass is 16.4. The van der Waals surface area contributed by atoms with Gasteiger partial charge in [-0.05, 0) is 55.7 Å². The third-order valence-corrected chi connectivity index (χ3v) is 6.69. The molecule has 3 amide bonds. The van der Waals surface area contributed by atoms with Crippen molar-refractivity contribution >= 4 is 23.7 Å². The van der Waals surface area contributed by atoms with Crippen LogP contribution < -0.4 is 11.1 Å². The highest BCUT2D eigenvalue weighted by Gasteiger charge is 2.41. The van der Waals surface area contributed by atoms with E-state index < -0.39 is 42.0 Å². The van der Waals surface area contributed by atoms with Gasteiger partial charge < -0.3 is 31.1 Å². The Bertz CT molecular complexity index is 934. The van der Waals surface area contributed by atoms with E-state index in [1.807, 2.05) is 13.8 Å². The minimum atomic E-state index is -1.07. The minimum Gasteiger partial charge on any atom is -0.508 e. The second-order valence-corrected chi connectivity index (χ2v) is 9.89. The van der Waals surface area contributed by atoms with Gasteiger partial charge in [0.1, 0.15) is 23.9 Å². The van der Waals surface area contributed by atoms with Gasteiger partial charge in [0.2, 0.25) is 17.7 Å². The number of carboxylic acids is 1. The number of aromatic hydroxyl groups is 1. The van der Waals surface area contributed by atoms with Crippen molar-refractivity contribution in [3.63, 3.8) is 0 Å². The topological polar surface area (TPSA) is 153 Å². The number of likely N-dealkylation sites (tertiary alicyclic amines) is 2. The maximum atomic E-state index is 13.4. The summed E-state index contributed by atoms with van der Waals surface area (Å²) in [6.45, 7) is 4.68. The summed E-state index contributed by atoms with van der Waals surface area (Å²) in [5, 5.41) is 21.9. The van der Waals surface area contributed by atoms with Crippen LogP contribution in [0.1, 0.15) is 51.5 Å². The molecule has 192 valence electrons. The zero-order chi connectivity index (χ0) is 25.7. The number of carbonyl (C=O) groups is 4. The van der Waals surface area contributed by atoms with E-state index in [0.29, 0.717) is 50.8 Å². The number of carbonyl (C=O) groups excluding carboxylic acids is 3. The number of nitrogens with one attached hydrogen (secondary N) is 1. The van der Waals surface area contributed by atoms with Gasteiger partial charge in [-0.25, -0.2) is 4.79 Å². The summed E-state index contributed by atoms with van der Waals surface area (Å²) in [7, 11) is 0. The lowest BCUT2D eigenvalue weighted by Crippen LogP contribution is -2.57. The van der Waals surface area contributed by atoms with Crippen molar-refractivity contribution in [3.05, 3.63) is 29.8 Å². The third kappa shape index (κ3) is 6.50. The molecule has 35 heavy (non-hydrogen) atoms. The molecule has 0 aromatic heterocycles. The standard InChI is InChI=1S/C25H36N4O6/c1-15(2)13-18(26)23(32)28-11-3-5-20(28)22(31)27-19(14-16-7-9-17(30)10-8-16)24(33)29-12-4-6-21(29)25(34)35/h7-10,15,18-21,30H,3-6,11-14,26H2,1-2H3,(H,27,31)(H,34,35). The highest BCUT2D eigenvalue weighted by molar-refractivity contribution is 5.94. The number of hydrogen-bond donors (Lipinski definition) is 4. The maximum Gasteiger partial charge on any atom is 0.326 e. The fraction of sp³-hybridized carbons (Fsp3) is 0.600. The van der Waals surface area contributed by atoms with Gasteiger partial charge in [0.15, 0.2) is 0 Å². The van der Waals surface area contributed by atoms with Gasteiger partial charge in [0, 0.05) is 19.5 Å². The SMILES string of the molecule is CC(C)CC(N)C(=O)N1CCCC1C(=O)NC(Cc1ccc(O)cc1)C(=O)N1CCCC1C(=O)O. The first kappa shape index (κ1) is 26.5. The highest BCUT2D eigenvalue weighted by Crippen LogP contribution is 2.23. The van der Waals surface area contributed by atoms with Crippen LogP contribution in [0.3, 0.4) is 0 Å². The Morgan fingerprint density at radius 1 is 1.00 bits per heavy atom. The van der Waals surface area contributed by atoms with Crippen molar-refractivity contribution < 1.29 is 29.4 Å². The molecule has 3 rings (SSSR count). The largest absolute Gasteiger partial charge is 0.508 e. The number of rotatable bonds is 9. The van der Waals surface area contributed by atoms with Gasteiger partial charge in [-0.3, -0.25) is 14.4 Å². The first-order chi connectivity index (χ1) is 16.6. The molecule has 2 heterocycles. The molecule has 5 N–H and O–H groups in total. The molecule has 0 bridgehead atoms. The fourth-order valence-corrected chi connectivity index (χ4v) is 4.95. The van der Waals surface area contributed by atoms with Crippen molar-refractivity contribution in [1.29, 1.82) is 0 Å². The Kier molecular flexibility index (Phi) is 8.71. The van der Waals surface area contributed by atoms with Crippen LogP contribution in [0.5, 0.6) is 5.75 Å². The van der Waals surface area contributed by atoms with Crippen molar-refractivity contribution in [2.45, 2.75) is 76.5 Å². The molecule has 1 aromatic carbocycles. The smallest absolute Gasteiger partial charge is 0.326 e. The van der Waals surface area contributed by atoms with E-state index in [4.69, 9.17) is 5.73 Å². The van der Waals surface area contributed by atoms with Crippen molar-refractivity contribution in [2.24, 2.45) is 11.7 Å². The molecule has 0 radical (unpaired) electrons. The molecular weight excluding hydrogens is 452 g/mol. The second kappa shape index (κ2) is 11.5. The molecule has 4 unspecified atom stereocenters. The predicted octanol–water partition coefficient (Wildman–Crippen LogP) is 0.860. The number of phenols is 1. The lowest BCUT2D eigenvalue weighted by molar-refractivity contribution is -0.149. The number of aliphatic carboxylic acids is 1. The molecule has 2 fully saturated rings. The third-order valence-electron chi connectivity index (χ3n) is 6.69. The van der Waals surface area contributed by atoms with E-state index in [2.05, 4.69) is 5.32 Å². The maximum absolute atomic E-state index is 13.4. The van der Waals surface area contributed by atoms with E-state index >= 15 is 0 Å². The first-order valence-electron chi connectivity index (χ1n) is 12.3. The van der Waals surface area contributed by atoms with Gasteiger partial charge in [-0.15, -0.1) is 0 Å². The number of nitrogens with two attached hydrogens (primary N) is 1. The molecule has 10 heteroatoms. The molecule has 0 aliphatic carbocycles. The molecule has 4 atom stereocenters. The van der Waals surface area contributed by atoms with Crippen molar-refractivity contribution in [3.8, 4) is 5.75 Å². The quantitative estimate of drug-likeness (QED) is 0.402. The normalized spacial score (nSPS) is 21.7. The van der Waals surface area contributed by atoms with Crippen LogP contribution >= 0.6 is 0 Å². The van der Waals surface area contributed by atoms with Crippen LogP contribution in [-0.4, -0.2) is 81.0 Å². The Balaban J connectivity index is 1.78. The molecular formula is C25H36N4O6. The first-order valence-corrected chi connectivity index (χ1v) is 12.3. The van der Waals surface area contributed by atoms with Crippen molar-refractivity contribution in [2.75, 3.05) is 13.1 Å². The summed E-state index contributed by atoms with van der Waals surface area (Å²) in [6, 6.07) is 2.91. The van der Waals surface area contributed by atoms with Crippen LogP contribution in [0.15, 0.2) is 24.3 Å². The van der Waals surface area contributed by atoms with Gasteiger partial charge >= 0.3 is 5.97 Å². The van der Waals surface area contributed by atoms with E-state index in [1.165, 1.54) is 21.9 Å². The van der Waals surface area contributed by atoms with E-state index in [-0.39, 0.29) is 24.0 Å². The number of carboxylic acid groups (broad SMARTS) is 1. The van der Waals surface area contributed by atoms with Crippen LogP contribution in [0.25, 0.3) is 0 Å². The second-order valence-electron chi connectivity index (χ2n) is 9.89. The van der Waals surface area contributed by atoms with Crippen molar-refractivity contribution in [1.82, 2.24) is 15.1 Å². The Morgan fingerprint density at radius 3 is 2.14 bits per heavy atom. The minimum absolute atomic E-state index is 0.0731. The molecule has 0 saturated carbocycles. The van der Waals surface area contributed by atoms with Gasteiger partial charge in [0.05, 0.1) is 6.04 Å². The number of nitrogens with zero attached hydrogens (tertiary/aromatic N) is 2. The monoisotopic (exact) mass is 488 g/mol. The molecule has 10 nitrogen and oxygen atoms in total. The number of hydrogen-bond acceptors (Lipinski definition) is 6. The van der Waals surface area contributed by atoms with E-state index in [1.54, 1.807) is 12.1 Å². The lowest BCUT2D eigenvalue weighted by atomic mass is 10.0. The summed E-state index contributed by atoms with van der Waals surface area (Å²) in [4.78, 5) is 54.1. The zero-order valence-electron chi connectivity index (χ0n) is 20.4. The predicted molar refractivity (Wildman–Crippen MR) is 128 cm³/mol. The Morgan fingerprint density at radius 2 is 1.57 bits per heavy atom. The molecule has 0 spiro atoms. The molecule has 2 aliphatic heterocycles. The average Bonchev–Trinajstić information content (AvgIpc) is 3.48. The number of benzene rings is 1. The Hall–Kier alpha value is -3.14. The summed E-state index contributed by atoms with van der Waals surface area (Å²) < 4.78 is 0. The number of phenolic OH excluding ortho intramolecular Hbond substituents is 1. The lowest BCUT2D eigenvalue weighted by Gasteiger charge is -2.31. The van der Waals surface area contributed by atoms with Gasteiger partial charge in [-0.1, -0.05) is 26.0 Å². The summed E-state index contributed by atoms with van der Waals surface area (Å²) in [5.41, 5.74) is 6.79. The van der Waals surface area contributed by atoms with Gasteiger partial charge in [0.25, 0.3) is 0 Å². The van der Waals surface area contributed by atoms with Crippen LogP contribution in [0.4, 0.5) is 0 Å². The molecule has 2 aliphatic rings. The van der Waals surface area contributed by atoms with Crippen LogP contribution in [0.2, 0.25) is 0 Å². The molecule has 1 aromatic rings. The summed E-state index contributed by atoms with van der Waals surface area (Å²) >= 11 is 0. The zero-order valence-corrected chi connectivity index (χ0v) is 20.4.